The molecule has 0 radical (unpaired) electrons. The van der Waals surface area contributed by atoms with E-state index in [1.54, 1.807) is 0 Å². The summed E-state index contributed by atoms with van der Waals surface area (Å²) in [5.41, 5.74) is 13.1. The summed E-state index contributed by atoms with van der Waals surface area (Å²) in [6.07, 6.45) is 0. The second kappa shape index (κ2) is 10.8. The SMILES string of the molecule is c1ccc(C2(c3ccc(Nc4ccc5c(c4)c4ccccc4n5-c4cccc5ccccc45)cc3)c3ccccc3-c3ccccc32)cc1. The van der Waals surface area contributed by atoms with Gasteiger partial charge in [0.2, 0.25) is 0 Å². The standard InChI is InChI=1S/C47H32N2/c1-2-15-33(16-3-1)47(42-21-9-6-18-38(42)39-19-7-10-22-43(39)47)34-25-27-35(28-26-34)48-36-29-30-46-41(31-36)40-20-8-11-23-45(40)49(46)44-24-12-14-32-13-4-5-17-37(32)44/h1-31,48H. The van der Waals surface area contributed by atoms with Crippen molar-refractivity contribution in [3.63, 3.8) is 0 Å². The molecule has 0 aliphatic heterocycles. The van der Waals surface area contributed by atoms with E-state index in [1.165, 1.54) is 71.6 Å². The molecule has 1 heterocycles. The van der Waals surface area contributed by atoms with Crippen molar-refractivity contribution in [3.05, 3.63) is 210 Å². The van der Waals surface area contributed by atoms with Crippen molar-refractivity contribution in [1.29, 1.82) is 0 Å². The summed E-state index contributed by atoms with van der Waals surface area (Å²) in [4.78, 5) is 0. The molecule has 1 aliphatic rings. The van der Waals surface area contributed by atoms with Gasteiger partial charge in [-0.25, -0.2) is 0 Å². The molecule has 2 heteroatoms. The first-order chi connectivity index (χ1) is 24.3. The Morgan fingerprint density at radius 3 is 1.73 bits per heavy atom. The van der Waals surface area contributed by atoms with Crippen LogP contribution in [0.4, 0.5) is 11.4 Å². The fraction of sp³-hybridized carbons (Fsp3) is 0.0213. The van der Waals surface area contributed by atoms with Crippen LogP contribution in [-0.2, 0) is 5.41 Å². The van der Waals surface area contributed by atoms with Gasteiger partial charge in [-0.3, -0.25) is 0 Å². The van der Waals surface area contributed by atoms with Gasteiger partial charge in [0.1, 0.15) is 0 Å². The lowest BCUT2D eigenvalue weighted by Gasteiger charge is -2.34. The summed E-state index contributed by atoms with van der Waals surface area (Å²) in [7, 11) is 0. The van der Waals surface area contributed by atoms with Crippen molar-refractivity contribution in [2.24, 2.45) is 0 Å². The topological polar surface area (TPSA) is 17.0 Å². The van der Waals surface area contributed by atoms with Gasteiger partial charge in [0.25, 0.3) is 0 Å². The third kappa shape index (κ3) is 4.07. The van der Waals surface area contributed by atoms with Crippen LogP contribution >= 0.6 is 0 Å². The lowest BCUT2D eigenvalue weighted by Crippen LogP contribution is -2.28. The van der Waals surface area contributed by atoms with Crippen LogP contribution < -0.4 is 5.32 Å². The Hall–Kier alpha value is -6.38. The summed E-state index contributed by atoms with van der Waals surface area (Å²) >= 11 is 0. The molecule has 0 atom stereocenters. The summed E-state index contributed by atoms with van der Waals surface area (Å²) in [6.45, 7) is 0. The van der Waals surface area contributed by atoms with Crippen molar-refractivity contribution in [3.8, 4) is 16.8 Å². The molecule has 0 saturated carbocycles. The van der Waals surface area contributed by atoms with Crippen LogP contribution in [0.5, 0.6) is 0 Å². The van der Waals surface area contributed by atoms with Gasteiger partial charge in [0.15, 0.2) is 0 Å². The van der Waals surface area contributed by atoms with Crippen LogP contribution in [0.3, 0.4) is 0 Å². The molecular weight excluding hydrogens is 593 g/mol. The fourth-order valence-corrected chi connectivity index (χ4v) is 8.40. The van der Waals surface area contributed by atoms with Gasteiger partial charge in [-0.1, -0.05) is 146 Å². The molecule has 0 amide bonds. The minimum atomic E-state index is -0.394. The molecule has 9 aromatic rings. The van der Waals surface area contributed by atoms with E-state index in [1.807, 2.05) is 0 Å². The van der Waals surface area contributed by atoms with E-state index in [-0.39, 0.29) is 0 Å². The minimum Gasteiger partial charge on any atom is -0.356 e. The number of fused-ring (bicyclic) bond motifs is 7. The lowest BCUT2D eigenvalue weighted by molar-refractivity contribution is 0.768. The molecular formula is C47H32N2. The third-order valence-electron chi connectivity index (χ3n) is 10.4. The zero-order chi connectivity index (χ0) is 32.4. The average Bonchev–Trinajstić information content (AvgIpc) is 3.66. The van der Waals surface area contributed by atoms with E-state index < -0.39 is 5.41 Å². The van der Waals surface area contributed by atoms with Crippen molar-refractivity contribution >= 4 is 44.0 Å². The van der Waals surface area contributed by atoms with Gasteiger partial charge in [0, 0.05) is 27.5 Å². The molecule has 1 aromatic heterocycles. The van der Waals surface area contributed by atoms with Crippen molar-refractivity contribution in [2.75, 3.05) is 5.32 Å². The maximum atomic E-state index is 3.74. The zero-order valence-electron chi connectivity index (χ0n) is 26.8. The zero-order valence-corrected chi connectivity index (χ0v) is 26.8. The fourth-order valence-electron chi connectivity index (χ4n) is 8.40. The molecule has 0 unspecified atom stereocenters. The Balaban J connectivity index is 1.08. The molecule has 230 valence electrons. The molecule has 1 aliphatic carbocycles. The number of nitrogens with one attached hydrogen (secondary N) is 1. The van der Waals surface area contributed by atoms with Crippen LogP contribution in [0.25, 0.3) is 49.4 Å². The average molecular weight is 625 g/mol. The van der Waals surface area contributed by atoms with E-state index in [2.05, 4.69) is 198 Å². The predicted molar refractivity (Wildman–Crippen MR) is 205 cm³/mol. The van der Waals surface area contributed by atoms with E-state index in [9.17, 15) is 0 Å². The number of nitrogens with zero attached hydrogens (tertiary/aromatic N) is 1. The summed E-state index contributed by atoms with van der Waals surface area (Å²) < 4.78 is 2.41. The van der Waals surface area contributed by atoms with Crippen LogP contribution in [0.15, 0.2) is 188 Å². The number of hydrogen-bond donors (Lipinski definition) is 1. The quantitative estimate of drug-likeness (QED) is 0.202. The van der Waals surface area contributed by atoms with Gasteiger partial charge in [-0.15, -0.1) is 0 Å². The Morgan fingerprint density at radius 1 is 0.388 bits per heavy atom. The van der Waals surface area contributed by atoms with Gasteiger partial charge < -0.3 is 9.88 Å². The number of anilines is 2. The molecule has 0 bridgehead atoms. The van der Waals surface area contributed by atoms with Crippen LogP contribution in [-0.4, -0.2) is 4.57 Å². The number of para-hydroxylation sites is 1. The Kier molecular flexibility index (Phi) is 6.13. The molecule has 8 aromatic carbocycles. The van der Waals surface area contributed by atoms with E-state index in [4.69, 9.17) is 0 Å². The number of rotatable bonds is 5. The van der Waals surface area contributed by atoms with Gasteiger partial charge in [-0.05, 0) is 81.2 Å². The first kappa shape index (κ1) is 27.7. The maximum absolute atomic E-state index is 3.74. The second-order valence-corrected chi connectivity index (χ2v) is 13.0. The molecule has 2 nitrogen and oxygen atoms in total. The van der Waals surface area contributed by atoms with E-state index in [0.29, 0.717) is 0 Å². The highest BCUT2D eigenvalue weighted by Gasteiger charge is 2.45. The second-order valence-electron chi connectivity index (χ2n) is 13.0. The summed E-state index contributed by atoms with van der Waals surface area (Å²) in [5, 5.41) is 8.70. The highest BCUT2D eigenvalue weighted by molar-refractivity contribution is 6.11. The van der Waals surface area contributed by atoms with Gasteiger partial charge in [0.05, 0.1) is 22.1 Å². The molecule has 0 spiro atoms. The first-order valence-electron chi connectivity index (χ1n) is 16.9. The number of hydrogen-bond acceptors (Lipinski definition) is 1. The number of benzene rings is 8. The Morgan fingerprint density at radius 2 is 0.959 bits per heavy atom. The van der Waals surface area contributed by atoms with Crippen LogP contribution in [0, 0.1) is 0 Å². The largest absolute Gasteiger partial charge is 0.356 e. The predicted octanol–water partition coefficient (Wildman–Crippen LogP) is 12.0. The van der Waals surface area contributed by atoms with Crippen LogP contribution in [0.1, 0.15) is 22.3 Å². The van der Waals surface area contributed by atoms with E-state index >= 15 is 0 Å². The molecule has 0 saturated heterocycles. The van der Waals surface area contributed by atoms with E-state index in [0.717, 1.165) is 11.4 Å². The molecule has 1 N–H and O–H groups in total. The summed E-state index contributed by atoms with van der Waals surface area (Å²) in [5.74, 6) is 0. The Labute approximate surface area is 285 Å². The first-order valence-corrected chi connectivity index (χ1v) is 16.9. The molecule has 49 heavy (non-hydrogen) atoms. The molecule has 0 fully saturated rings. The number of aromatic nitrogens is 1. The normalized spacial score (nSPS) is 13.1. The highest BCUT2D eigenvalue weighted by atomic mass is 15.0. The minimum absolute atomic E-state index is 0.394. The van der Waals surface area contributed by atoms with Crippen molar-refractivity contribution in [2.45, 2.75) is 5.41 Å². The smallest absolute Gasteiger partial charge is 0.0713 e. The van der Waals surface area contributed by atoms with Gasteiger partial charge in [-0.2, -0.15) is 0 Å². The molecule has 10 rings (SSSR count). The van der Waals surface area contributed by atoms with Crippen molar-refractivity contribution in [1.82, 2.24) is 4.57 Å². The van der Waals surface area contributed by atoms with Crippen LogP contribution in [0.2, 0.25) is 0 Å². The van der Waals surface area contributed by atoms with Gasteiger partial charge >= 0.3 is 0 Å². The lowest BCUT2D eigenvalue weighted by atomic mass is 9.68. The highest BCUT2D eigenvalue weighted by Crippen LogP contribution is 2.56. The monoisotopic (exact) mass is 624 g/mol. The summed E-state index contributed by atoms with van der Waals surface area (Å²) in [6, 6.07) is 68.5. The third-order valence-corrected chi connectivity index (χ3v) is 10.4. The van der Waals surface area contributed by atoms with Crippen molar-refractivity contribution < 1.29 is 0 Å². The maximum Gasteiger partial charge on any atom is 0.0713 e. The Bertz CT molecular complexity index is 2630.